The van der Waals surface area contributed by atoms with Gasteiger partial charge in [-0.3, -0.25) is 14.5 Å². The lowest BCUT2D eigenvalue weighted by molar-refractivity contribution is -0.126. The number of hydrogen-bond acceptors (Lipinski definition) is 8. The van der Waals surface area contributed by atoms with Crippen molar-refractivity contribution in [1.29, 1.82) is 0 Å². The molecule has 1 atom stereocenters. The molecule has 0 radical (unpaired) electrons. The van der Waals surface area contributed by atoms with Crippen LogP contribution in [0.25, 0.3) is 0 Å². The summed E-state index contributed by atoms with van der Waals surface area (Å²) in [5.41, 5.74) is 3.99. The summed E-state index contributed by atoms with van der Waals surface area (Å²) in [7, 11) is -4.16. The maximum absolute atomic E-state index is 13.8. The maximum atomic E-state index is 13.8. The number of nitrogens with one attached hydrogen (secondary N) is 2. The third kappa shape index (κ3) is 9.15. The van der Waals surface area contributed by atoms with E-state index in [0.717, 1.165) is 23.6 Å². The topological polar surface area (TPSA) is 137 Å². The normalized spacial score (nSPS) is 15.0. The molecule has 1 fully saturated rings. The zero-order valence-corrected chi connectivity index (χ0v) is 24.9. The van der Waals surface area contributed by atoms with Gasteiger partial charge in [0, 0.05) is 37.4 Å². The number of benzene rings is 2. The highest BCUT2D eigenvalue weighted by Gasteiger charge is 2.38. The highest BCUT2D eigenvalue weighted by Crippen LogP contribution is 2.24. The van der Waals surface area contributed by atoms with Gasteiger partial charge in [0.1, 0.15) is 6.04 Å². The van der Waals surface area contributed by atoms with Crippen molar-refractivity contribution in [2.75, 3.05) is 44.7 Å². The Kier molecular flexibility index (Phi) is 12.4. The highest BCUT2D eigenvalue weighted by molar-refractivity contribution is 7.89. The molecule has 2 N–H and O–H groups in total. The van der Waals surface area contributed by atoms with Gasteiger partial charge in [-0.15, -0.1) is 4.91 Å². The summed E-state index contributed by atoms with van der Waals surface area (Å²) in [5.74, 6) is -1.53. The molecule has 224 valence electrons. The Morgan fingerprint density at radius 2 is 1.68 bits per heavy atom. The minimum Gasteiger partial charge on any atom is -0.379 e. The number of nitrogens with zero attached hydrogens (tertiary/aromatic N) is 3. The Labute approximate surface area is 242 Å². The molecule has 12 heteroatoms. The first-order valence-corrected chi connectivity index (χ1v) is 15.6. The van der Waals surface area contributed by atoms with Crippen molar-refractivity contribution < 1.29 is 22.7 Å². The molecule has 1 aliphatic rings. The first kappa shape index (κ1) is 32.3. The average Bonchev–Trinajstić information content (AvgIpc) is 2.96. The lowest BCUT2D eigenvalue weighted by atomic mass is 10.0. The van der Waals surface area contributed by atoms with Crippen molar-refractivity contribution in [2.24, 2.45) is 11.2 Å². The average molecular weight is 588 g/mol. The van der Waals surface area contributed by atoms with Gasteiger partial charge in [-0.05, 0) is 60.7 Å². The van der Waals surface area contributed by atoms with Crippen LogP contribution in [0.2, 0.25) is 0 Å². The summed E-state index contributed by atoms with van der Waals surface area (Å²) in [6.07, 6.45) is 4.40. The van der Waals surface area contributed by atoms with Crippen LogP contribution >= 0.6 is 0 Å². The minimum absolute atomic E-state index is 0.0321. The van der Waals surface area contributed by atoms with E-state index in [1.807, 2.05) is 17.6 Å². The number of nitroso groups, excluding NO2 is 1. The van der Waals surface area contributed by atoms with E-state index in [4.69, 9.17) is 4.74 Å². The monoisotopic (exact) mass is 587 g/mol. The molecule has 0 unspecified atom stereocenters. The number of morpholine rings is 1. The van der Waals surface area contributed by atoms with Crippen LogP contribution in [0.1, 0.15) is 56.0 Å². The molecular weight excluding hydrogens is 546 g/mol. The smallest absolute Gasteiger partial charge is 0.261 e. The second-order valence-electron chi connectivity index (χ2n) is 10.5. The van der Waals surface area contributed by atoms with Gasteiger partial charge < -0.3 is 10.1 Å². The molecule has 0 bridgehead atoms. The van der Waals surface area contributed by atoms with E-state index in [1.54, 1.807) is 26.0 Å². The Bertz CT molecular complexity index is 1250. The summed E-state index contributed by atoms with van der Waals surface area (Å²) < 4.78 is 34.2. The Balaban J connectivity index is 1.76. The van der Waals surface area contributed by atoms with Gasteiger partial charge in [-0.2, -0.15) is 4.31 Å². The molecule has 1 saturated heterocycles. The van der Waals surface area contributed by atoms with E-state index < -0.39 is 27.9 Å². The van der Waals surface area contributed by atoms with Gasteiger partial charge in [-0.1, -0.05) is 45.7 Å². The predicted octanol–water partition coefficient (Wildman–Crippen LogP) is 3.82. The molecule has 0 spiro atoms. The van der Waals surface area contributed by atoms with Crippen LogP contribution in [0, 0.1) is 10.8 Å². The zero-order valence-electron chi connectivity index (χ0n) is 24.0. The summed E-state index contributed by atoms with van der Waals surface area (Å²) in [6, 6.07) is 12.2. The molecule has 2 amide bonds. The second-order valence-corrected chi connectivity index (χ2v) is 12.3. The largest absolute Gasteiger partial charge is 0.379 e. The molecule has 0 saturated carbocycles. The molecule has 0 aliphatic carbocycles. The van der Waals surface area contributed by atoms with E-state index in [9.17, 15) is 22.9 Å². The number of aryl methyl sites for hydroxylation is 1. The first-order valence-electron chi connectivity index (χ1n) is 14.1. The number of rotatable bonds is 15. The number of hydrogen-bond donors (Lipinski definition) is 2. The van der Waals surface area contributed by atoms with Crippen LogP contribution in [0.4, 0.5) is 5.69 Å². The van der Waals surface area contributed by atoms with Gasteiger partial charge in [0.15, 0.2) is 0 Å². The number of ether oxygens (including phenoxy) is 1. The lowest BCUT2D eigenvalue weighted by Gasteiger charge is -2.34. The molecular formula is C29H41N5O6S. The summed E-state index contributed by atoms with van der Waals surface area (Å²) >= 11 is 0. The van der Waals surface area contributed by atoms with Crippen molar-refractivity contribution in [3.8, 4) is 0 Å². The van der Waals surface area contributed by atoms with Crippen LogP contribution in [0.15, 0.2) is 58.7 Å². The molecule has 0 aromatic heterocycles. The van der Waals surface area contributed by atoms with E-state index in [0.29, 0.717) is 44.1 Å². The molecule has 3 rings (SSSR count). The molecule has 1 aliphatic heterocycles. The van der Waals surface area contributed by atoms with Crippen molar-refractivity contribution in [1.82, 2.24) is 14.6 Å². The number of amides is 2. The minimum atomic E-state index is -4.16. The van der Waals surface area contributed by atoms with E-state index in [2.05, 4.69) is 22.4 Å². The fourth-order valence-corrected chi connectivity index (χ4v) is 6.51. The molecule has 11 nitrogen and oxygen atoms in total. The van der Waals surface area contributed by atoms with Gasteiger partial charge in [0.25, 0.3) is 11.8 Å². The number of sulfonamides is 1. The van der Waals surface area contributed by atoms with Crippen LogP contribution in [0.5, 0.6) is 0 Å². The predicted molar refractivity (Wildman–Crippen MR) is 158 cm³/mol. The third-order valence-electron chi connectivity index (χ3n) is 7.11. The van der Waals surface area contributed by atoms with Gasteiger partial charge in [0.2, 0.25) is 10.0 Å². The molecule has 2 aromatic carbocycles. The summed E-state index contributed by atoms with van der Waals surface area (Å²) in [4.78, 5) is 38.4. The fourth-order valence-electron chi connectivity index (χ4n) is 4.80. The number of carbonyl (C=O) groups is 2. The standard InChI is InChI=1S/C29H41N5O6S/c1-4-5-6-7-23-8-10-24(11-9-23)28(35)30-25-12-14-26(15-13-25)41(38,39)34(17-16-33-18-20-40-21-19-33)27(22(2)3)29(36)31-32-37/h8-15,22,27H,4-7,16-21H2,1-3H3,(H,30,35)(H,31,36,37)/t27-/m1/s1. The number of unbranched alkanes of at least 4 members (excludes halogenated alkanes) is 2. The zero-order chi connectivity index (χ0) is 29.8. The van der Waals surface area contributed by atoms with Crippen molar-refractivity contribution in [3.63, 3.8) is 0 Å². The Morgan fingerprint density at radius 1 is 1.02 bits per heavy atom. The molecule has 41 heavy (non-hydrogen) atoms. The number of anilines is 1. The van der Waals surface area contributed by atoms with Crippen LogP contribution in [-0.4, -0.2) is 74.9 Å². The Morgan fingerprint density at radius 3 is 2.27 bits per heavy atom. The van der Waals surface area contributed by atoms with Crippen molar-refractivity contribution in [2.45, 2.75) is 57.4 Å². The fraction of sp³-hybridized carbons (Fsp3) is 0.517. The molecule has 1 heterocycles. The lowest BCUT2D eigenvalue weighted by Crippen LogP contribution is -2.53. The third-order valence-corrected chi connectivity index (χ3v) is 9.01. The highest BCUT2D eigenvalue weighted by atomic mass is 32.2. The van der Waals surface area contributed by atoms with Crippen molar-refractivity contribution in [3.05, 3.63) is 64.6 Å². The van der Waals surface area contributed by atoms with Crippen LogP contribution in [-0.2, 0) is 26.0 Å². The van der Waals surface area contributed by atoms with E-state index in [-0.39, 0.29) is 17.3 Å². The van der Waals surface area contributed by atoms with Crippen LogP contribution < -0.4 is 10.7 Å². The molecule has 2 aromatic rings. The van der Waals surface area contributed by atoms with Gasteiger partial charge in [-0.25, -0.2) is 13.8 Å². The van der Waals surface area contributed by atoms with Gasteiger partial charge in [0.05, 0.1) is 23.4 Å². The van der Waals surface area contributed by atoms with Crippen LogP contribution in [0.3, 0.4) is 0 Å². The van der Waals surface area contributed by atoms with E-state index >= 15 is 0 Å². The SMILES string of the molecule is CCCCCc1ccc(C(=O)Nc2ccc(S(=O)(=O)N(CCN3CCOCC3)[C@@H](C(=O)NN=O)C(C)C)cc2)cc1. The number of carbonyl (C=O) groups excluding carboxylic acids is 2. The Hall–Kier alpha value is -3.19. The van der Waals surface area contributed by atoms with Crippen molar-refractivity contribution >= 4 is 27.5 Å². The quantitative estimate of drug-likeness (QED) is 0.184. The summed E-state index contributed by atoms with van der Waals surface area (Å²) in [5, 5.41) is 5.28. The first-order chi connectivity index (χ1) is 19.7. The maximum Gasteiger partial charge on any atom is 0.261 e. The summed E-state index contributed by atoms with van der Waals surface area (Å²) in [6.45, 7) is 8.40. The second kappa shape index (κ2) is 15.7. The van der Waals surface area contributed by atoms with E-state index in [1.165, 1.54) is 36.2 Å². The van der Waals surface area contributed by atoms with Gasteiger partial charge >= 0.3 is 0 Å².